The van der Waals surface area contributed by atoms with Crippen molar-refractivity contribution in [1.29, 1.82) is 0 Å². The van der Waals surface area contributed by atoms with Crippen LogP contribution in [0.25, 0.3) is 0 Å². The Kier molecular flexibility index (Phi) is 3.41. The number of Topliss-reactive ketones (excluding diaryl/α,β-unsaturated/α-hetero) is 1. The molecule has 0 N–H and O–H groups in total. The summed E-state index contributed by atoms with van der Waals surface area (Å²) in [5.41, 5.74) is -0.279. The Balaban J connectivity index is 3.58. The number of ketones is 1. The molecule has 0 unspecified atom stereocenters. The van der Waals surface area contributed by atoms with E-state index in [-0.39, 0.29) is 22.8 Å². The van der Waals surface area contributed by atoms with Crippen LogP contribution in [-0.2, 0) is 0 Å². The first-order chi connectivity index (χ1) is 6.99. The summed E-state index contributed by atoms with van der Waals surface area (Å²) in [7, 11) is 1.32. The van der Waals surface area contributed by atoms with Crippen molar-refractivity contribution in [2.75, 3.05) is 7.11 Å². The van der Waals surface area contributed by atoms with Crippen molar-refractivity contribution in [2.45, 2.75) is 6.92 Å². The molecule has 0 aliphatic heterocycles. The molecular formula is C9H8BrNO4. The third kappa shape index (κ3) is 2.15. The van der Waals surface area contributed by atoms with Crippen molar-refractivity contribution in [3.8, 4) is 5.75 Å². The highest BCUT2D eigenvalue weighted by molar-refractivity contribution is 9.10. The first-order valence-corrected chi connectivity index (χ1v) is 4.80. The summed E-state index contributed by atoms with van der Waals surface area (Å²) in [6.45, 7) is 1.27. The Morgan fingerprint density at radius 3 is 2.53 bits per heavy atom. The number of nitro benzene ring substituents is 1. The minimum atomic E-state index is -0.625. The van der Waals surface area contributed by atoms with Gasteiger partial charge in [0.05, 0.1) is 12.0 Å². The topological polar surface area (TPSA) is 69.4 Å². The van der Waals surface area contributed by atoms with Gasteiger partial charge in [0.25, 0.3) is 0 Å². The van der Waals surface area contributed by atoms with Crippen LogP contribution in [0.3, 0.4) is 0 Å². The van der Waals surface area contributed by atoms with Crippen molar-refractivity contribution >= 4 is 27.4 Å². The Labute approximate surface area is 94.3 Å². The molecule has 15 heavy (non-hydrogen) atoms. The molecule has 6 heteroatoms. The van der Waals surface area contributed by atoms with E-state index in [0.29, 0.717) is 4.47 Å². The number of benzene rings is 1. The summed E-state index contributed by atoms with van der Waals surface area (Å²) < 4.78 is 5.23. The van der Waals surface area contributed by atoms with Gasteiger partial charge in [-0.15, -0.1) is 0 Å². The molecule has 0 saturated heterocycles. The van der Waals surface area contributed by atoms with Crippen LogP contribution in [0.5, 0.6) is 5.75 Å². The zero-order valence-electron chi connectivity index (χ0n) is 8.11. The molecule has 0 aromatic heterocycles. The average molecular weight is 274 g/mol. The van der Waals surface area contributed by atoms with E-state index in [1.54, 1.807) is 6.07 Å². The number of hydrogen-bond acceptors (Lipinski definition) is 4. The smallest absolute Gasteiger partial charge is 0.322 e. The van der Waals surface area contributed by atoms with E-state index in [9.17, 15) is 14.9 Å². The Morgan fingerprint density at radius 2 is 2.13 bits per heavy atom. The average Bonchev–Trinajstić information content (AvgIpc) is 2.16. The van der Waals surface area contributed by atoms with E-state index in [1.165, 1.54) is 20.1 Å². The van der Waals surface area contributed by atoms with E-state index < -0.39 is 4.92 Å². The number of ether oxygens (including phenoxy) is 1. The lowest BCUT2D eigenvalue weighted by atomic mass is 10.1. The van der Waals surface area contributed by atoms with E-state index in [0.717, 1.165) is 0 Å². The summed E-state index contributed by atoms with van der Waals surface area (Å²) in [5, 5.41) is 10.8. The largest absolute Gasteiger partial charge is 0.490 e. The Hall–Kier alpha value is -1.43. The van der Waals surface area contributed by atoms with Crippen molar-refractivity contribution in [3.05, 3.63) is 32.3 Å². The van der Waals surface area contributed by atoms with Gasteiger partial charge < -0.3 is 4.74 Å². The van der Waals surface area contributed by atoms with E-state index >= 15 is 0 Å². The van der Waals surface area contributed by atoms with E-state index in [4.69, 9.17) is 4.74 Å². The molecule has 0 fully saturated rings. The van der Waals surface area contributed by atoms with Gasteiger partial charge in [-0.25, -0.2) is 0 Å². The van der Waals surface area contributed by atoms with Crippen molar-refractivity contribution in [1.82, 2.24) is 0 Å². The summed E-state index contributed by atoms with van der Waals surface area (Å²) in [4.78, 5) is 21.5. The van der Waals surface area contributed by atoms with Crippen LogP contribution in [0.4, 0.5) is 5.69 Å². The molecule has 0 aliphatic carbocycles. The van der Waals surface area contributed by atoms with Crippen LogP contribution in [0.1, 0.15) is 17.3 Å². The molecule has 1 aromatic rings. The van der Waals surface area contributed by atoms with Crippen LogP contribution in [0.2, 0.25) is 0 Å². The Bertz CT molecular complexity index is 430. The molecule has 0 radical (unpaired) electrons. The molecule has 0 amide bonds. The first kappa shape index (κ1) is 11.6. The van der Waals surface area contributed by atoms with E-state index in [2.05, 4.69) is 15.9 Å². The van der Waals surface area contributed by atoms with Crippen LogP contribution in [-0.4, -0.2) is 17.8 Å². The fraction of sp³-hybridized carbons (Fsp3) is 0.222. The fourth-order valence-corrected chi connectivity index (χ4v) is 1.83. The van der Waals surface area contributed by atoms with Gasteiger partial charge in [-0.1, -0.05) is 0 Å². The maximum Gasteiger partial charge on any atom is 0.322 e. The second-order valence-corrected chi connectivity index (χ2v) is 3.64. The number of nitro groups is 1. The zero-order valence-corrected chi connectivity index (χ0v) is 9.70. The standard InChI is InChI=1S/C9H8BrNO4/c1-5(12)8-6(10)3-4-7(15-2)9(8)11(13)14/h3-4H,1-2H3. The third-order valence-electron chi connectivity index (χ3n) is 1.84. The molecule has 80 valence electrons. The fourth-order valence-electron chi connectivity index (χ4n) is 1.23. The number of methoxy groups -OCH3 is 1. The SMILES string of the molecule is COc1ccc(Br)c(C(C)=O)c1[N+](=O)[O-]. The lowest BCUT2D eigenvalue weighted by Crippen LogP contribution is -2.03. The quantitative estimate of drug-likeness (QED) is 0.482. The normalized spacial score (nSPS) is 9.80. The molecule has 0 aliphatic rings. The third-order valence-corrected chi connectivity index (χ3v) is 2.51. The molecule has 0 heterocycles. The number of nitrogens with zero attached hydrogens (tertiary/aromatic N) is 1. The maximum atomic E-state index is 11.3. The molecular weight excluding hydrogens is 266 g/mol. The lowest BCUT2D eigenvalue weighted by Gasteiger charge is -2.06. The van der Waals surface area contributed by atoms with Crippen molar-refractivity contribution < 1.29 is 14.5 Å². The molecule has 0 saturated carbocycles. The van der Waals surface area contributed by atoms with Gasteiger partial charge in [-0.3, -0.25) is 14.9 Å². The van der Waals surface area contributed by atoms with E-state index in [1.807, 2.05) is 0 Å². The highest BCUT2D eigenvalue weighted by Crippen LogP contribution is 2.35. The van der Waals surface area contributed by atoms with Gasteiger partial charge in [0, 0.05) is 4.47 Å². The molecule has 1 aromatic carbocycles. The van der Waals surface area contributed by atoms with Gasteiger partial charge in [0.15, 0.2) is 11.5 Å². The maximum absolute atomic E-state index is 11.3. The monoisotopic (exact) mass is 273 g/mol. The summed E-state index contributed by atoms with van der Waals surface area (Å²) in [6, 6.07) is 2.98. The Morgan fingerprint density at radius 1 is 1.53 bits per heavy atom. The molecule has 5 nitrogen and oxygen atoms in total. The minimum Gasteiger partial charge on any atom is -0.490 e. The number of carbonyl (C=O) groups is 1. The first-order valence-electron chi connectivity index (χ1n) is 4.00. The second kappa shape index (κ2) is 4.39. The summed E-state index contributed by atoms with van der Waals surface area (Å²) >= 11 is 3.10. The van der Waals surface area contributed by atoms with Crippen molar-refractivity contribution in [3.63, 3.8) is 0 Å². The molecule has 1 rings (SSSR count). The summed E-state index contributed by atoms with van der Waals surface area (Å²) in [6.07, 6.45) is 0. The van der Waals surface area contributed by atoms with Crippen molar-refractivity contribution in [2.24, 2.45) is 0 Å². The zero-order chi connectivity index (χ0) is 11.6. The highest BCUT2D eigenvalue weighted by atomic mass is 79.9. The second-order valence-electron chi connectivity index (χ2n) is 2.79. The van der Waals surface area contributed by atoms with Gasteiger partial charge in [0.1, 0.15) is 5.56 Å². The molecule has 0 atom stereocenters. The highest BCUT2D eigenvalue weighted by Gasteiger charge is 2.25. The van der Waals surface area contributed by atoms with Crippen LogP contribution in [0, 0.1) is 10.1 Å². The predicted octanol–water partition coefficient (Wildman–Crippen LogP) is 2.57. The minimum absolute atomic E-state index is 0.0272. The molecule has 0 bridgehead atoms. The number of hydrogen-bond donors (Lipinski definition) is 0. The van der Waals surface area contributed by atoms with Crippen LogP contribution < -0.4 is 4.74 Å². The van der Waals surface area contributed by atoms with Gasteiger partial charge in [0.2, 0.25) is 0 Å². The number of rotatable bonds is 3. The predicted molar refractivity (Wildman–Crippen MR) is 57.4 cm³/mol. The van der Waals surface area contributed by atoms with Crippen LogP contribution >= 0.6 is 15.9 Å². The van der Waals surface area contributed by atoms with Gasteiger partial charge >= 0.3 is 5.69 Å². The number of halogens is 1. The molecule has 0 spiro atoms. The lowest BCUT2D eigenvalue weighted by molar-refractivity contribution is -0.386. The van der Waals surface area contributed by atoms with Gasteiger partial charge in [-0.2, -0.15) is 0 Å². The van der Waals surface area contributed by atoms with Crippen LogP contribution in [0.15, 0.2) is 16.6 Å². The number of carbonyl (C=O) groups excluding carboxylic acids is 1. The summed E-state index contributed by atoms with van der Waals surface area (Å²) in [5.74, 6) is -0.305. The van der Waals surface area contributed by atoms with Gasteiger partial charge in [-0.05, 0) is 35.0 Å².